The maximum Gasteiger partial charge on any atom is 0.205 e. The fourth-order valence-electron chi connectivity index (χ4n) is 4.66. The van der Waals surface area contributed by atoms with Gasteiger partial charge in [0.15, 0.2) is 5.78 Å². The molecule has 0 spiro atoms. The van der Waals surface area contributed by atoms with Crippen LogP contribution in [0.15, 0.2) is 46.5 Å². The van der Waals surface area contributed by atoms with Gasteiger partial charge in [-0.2, -0.15) is 0 Å². The van der Waals surface area contributed by atoms with Crippen molar-refractivity contribution in [1.29, 1.82) is 0 Å². The van der Waals surface area contributed by atoms with E-state index < -0.39 is 0 Å². The Kier molecular flexibility index (Phi) is 11.6. The molecule has 0 radical (unpaired) electrons. The summed E-state index contributed by atoms with van der Waals surface area (Å²) < 4.78 is 0. The Labute approximate surface area is 206 Å². The summed E-state index contributed by atoms with van der Waals surface area (Å²) in [5.74, 6) is 2.07. The lowest BCUT2D eigenvalue weighted by Gasteiger charge is -2.17. The third kappa shape index (κ3) is 8.89. The lowest BCUT2D eigenvalue weighted by molar-refractivity contribution is 0.0979. The Bertz CT molecular complexity index is 862. The summed E-state index contributed by atoms with van der Waals surface area (Å²) in [5, 5.41) is 0.0785. The summed E-state index contributed by atoms with van der Waals surface area (Å²) in [6.45, 7) is 11.5. The fourth-order valence-corrected chi connectivity index (χ4v) is 4.93. The highest BCUT2D eigenvalue weighted by Gasteiger charge is 2.30. The first-order chi connectivity index (χ1) is 15.7. The second-order valence-corrected chi connectivity index (χ2v) is 11.0. The van der Waals surface area contributed by atoms with Crippen LogP contribution in [-0.4, -0.2) is 11.6 Å². The summed E-state index contributed by atoms with van der Waals surface area (Å²) >= 11 is 6.28. The summed E-state index contributed by atoms with van der Waals surface area (Å²) in [6.07, 6.45) is 14.0. The number of allylic oxidation sites excluding steroid dienone is 4. The van der Waals surface area contributed by atoms with Gasteiger partial charge in [-0.15, -0.1) is 0 Å². The lowest BCUT2D eigenvalue weighted by atomic mass is 9.87. The number of hydrogen-bond acceptors (Lipinski definition) is 2. The van der Waals surface area contributed by atoms with Gasteiger partial charge in [0.25, 0.3) is 0 Å². The highest BCUT2D eigenvalue weighted by atomic mass is 35.5. The van der Waals surface area contributed by atoms with Crippen molar-refractivity contribution in [2.24, 2.45) is 17.8 Å². The molecule has 2 nitrogen and oxygen atoms in total. The minimum atomic E-state index is -0.240. The molecule has 1 aliphatic rings. The van der Waals surface area contributed by atoms with E-state index in [9.17, 15) is 9.59 Å². The number of ketones is 2. The number of carbonyl (C=O) groups is 2. The van der Waals surface area contributed by atoms with Crippen molar-refractivity contribution in [2.75, 3.05) is 0 Å². The molecule has 182 valence electrons. The second-order valence-electron chi connectivity index (χ2n) is 10.6. The maximum atomic E-state index is 12.8. The van der Waals surface area contributed by atoms with Crippen molar-refractivity contribution in [2.45, 2.75) is 98.8 Å². The van der Waals surface area contributed by atoms with E-state index >= 15 is 0 Å². The Hall–Kier alpha value is -1.67. The number of rotatable bonds is 14. The number of benzene rings is 1. The first-order valence-corrected chi connectivity index (χ1v) is 13.3. The summed E-state index contributed by atoms with van der Waals surface area (Å²) in [7, 11) is 0. The van der Waals surface area contributed by atoms with Crippen molar-refractivity contribution in [3.8, 4) is 0 Å². The minimum Gasteiger partial charge on any atom is -0.289 e. The summed E-state index contributed by atoms with van der Waals surface area (Å²) in [5.41, 5.74) is 2.57. The van der Waals surface area contributed by atoms with Gasteiger partial charge in [-0.05, 0) is 43.9 Å². The van der Waals surface area contributed by atoms with Gasteiger partial charge in [-0.3, -0.25) is 9.59 Å². The van der Waals surface area contributed by atoms with Crippen LogP contribution in [0.25, 0.3) is 0 Å². The molecule has 0 heterocycles. The van der Waals surface area contributed by atoms with E-state index in [0.29, 0.717) is 23.1 Å². The maximum absolute atomic E-state index is 12.8. The highest BCUT2D eigenvalue weighted by Crippen LogP contribution is 2.31. The van der Waals surface area contributed by atoms with Crippen LogP contribution in [0.4, 0.5) is 0 Å². The van der Waals surface area contributed by atoms with Gasteiger partial charge < -0.3 is 0 Å². The zero-order valence-electron chi connectivity index (χ0n) is 21.4. The fraction of sp³-hybridized carbons (Fsp3) is 0.600. The Morgan fingerprint density at radius 1 is 0.818 bits per heavy atom. The molecule has 2 atom stereocenters. The zero-order chi connectivity index (χ0) is 24.4. The van der Waals surface area contributed by atoms with Crippen molar-refractivity contribution < 1.29 is 9.59 Å². The second kappa shape index (κ2) is 13.9. The van der Waals surface area contributed by atoms with Crippen LogP contribution < -0.4 is 0 Å². The quantitative estimate of drug-likeness (QED) is 0.254. The van der Waals surface area contributed by atoms with Gasteiger partial charge in [-0.1, -0.05) is 120 Å². The monoisotopic (exact) mass is 470 g/mol. The lowest BCUT2D eigenvalue weighted by Crippen LogP contribution is -2.19. The molecular formula is C30H43ClO2. The van der Waals surface area contributed by atoms with Gasteiger partial charge in [0.2, 0.25) is 5.78 Å². The predicted molar refractivity (Wildman–Crippen MR) is 141 cm³/mol. The van der Waals surface area contributed by atoms with Gasteiger partial charge >= 0.3 is 0 Å². The van der Waals surface area contributed by atoms with Crippen LogP contribution in [0, 0.1) is 17.8 Å². The van der Waals surface area contributed by atoms with Gasteiger partial charge in [0.1, 0.15) is 0 Å². The average molecular weight is 471 g/mol. The van der Waals surface area contributed by atoms with Crippen molar-refractivity contribution in [3.05, 3.63) is 57.6 Å². The molecule has 0 bridgehead atoms. The number of hydrogen-bond donors (Lipinski definition) is 0. The highest BCUT2D eigenvalue weighted by molar-refractivity contribution is 6.50. The molecule has 0 saturated carbocycles. The molecule has 1 aromatic rings. The smallest absolute Gasteiger partial charge is 0.205 e. The predicted octanol–water partition coefficient (Wildman–Crippen LogP) is 9.33. The van der Waals surface area contributed by atoms with E-state index in [1.165, 1.54) is 50.5 Å². The molecule has 1 aromatic carbocycles. The van der Waals surface area contributed by atoms with Gasteiger partial charge in [0, 0.05) is 16.7 Å². The van der Waals surface area contributed by atoms with Crippen LogP contribution in [0.2, 0.25) is 0 Å². The standard InChI is InChI=1S/C30H43ClO2/c1-21(2)11-8-12-22(3)13-9-14-23(4)15-10-16-24(5)19-20-27-28(31)30(33)26-18-7-6-17-25(26)29(27)32/h6-7,17-19,21-23H,8-16,20H2,1-5H3/b24-19+. The van der Waals surface area contributed by atoms with Crippen LogP contribution >= 0.6 is 11.6 Å². The van der Waals surface area contributed by atoms with Crippen LogP contribution in [0.1, 0.15) is 120 Å². The van der Waals surface area contributed by atoms with Crippen molar-refractivity contribution >= 4 is 23.2 Å². The largest absolute Gasteiger partial charge is 0.289 e. The van der Waals surface area contributed by atoms with Crippen molar-refractivity contribution in [1.82, 2.24) is 0 Å². The molecule has 2 unspecified atom stereocenters. The molecule has 0 N–H and O–H groups in total. The molecule has 0 aromatic heterocycles. The van der Waals surface area contributed by atoms with Crippen LogP contribution in [0.3, 0.4) is 0 Å². The minimum absolute atomic E-state index is 0.0785. The molecular weight excluding hydrogens is 428 g/mol. The molecule has 3 heteroatoms. The van der Waals surface area contributed by atoms with E-state index in [1.807, 2.05) is 0 Å². The molecule has 0 saturated heterocycles. The van der Waals surface area contributed by atoms with E-state index in [1.54, 1.807) is 24.3 Å². The number of carbonyl (C=O) groups excluding carboxylic acids is 2. The van der Waals surface area contributed by atoms with E-state index in [2.05, 4.69) is 40.7 Å². The molecule has 0 fully saturated rings. The average Bonchev–Trinajstić information content (AvgIpc) is 2.77. The first-order valence-electron chi connectivity index (χ1n) is 12.9. The zero-order valence-corrected chi connectivity index (χ0v) is 22.1. The van der Waals surface area contributed by atoms with E-state index in [0.717, 1.165) is 30.6 Å². The molecule has 1 aliphatic carbocycles. The van der Waals surface area contributed by atoms with E-state index in [-0.39, 0.29) is 16.6 Å². The molecule has 0 aliphatic heterocycles. The molecule has 0 amide bonds. The van der Waals surface area contributed by atoms with E-state index in [4.69, 9.17) is 11.6 Å². The molecule has 33 heavy (non-hydrogen) atoms. The Balaban J connectivity index is 1.71. The third-order valence-electron chi connectivity index (χ3n) is 6.95. The molecule has 2 rings (SSSR count). The number of halogens is 1. The van der Waals surface area contributed by atoms with Gasteiger partial charge in [0.05, 0.1) is 5.03 Å². The topological polar surface area (TPSA) is 34.1 Å². The number of fused-ring (bicyclic) bond motifs is 1. The third-order valence-corrected chi connectivity index (χ3v) is 7.35. The Morgan fingerprint density at radius 2 is 1.33 bits per heavy atom. The SMILES string of the molecule is C/C(=C\CC1=C(Cl)C(=O)c2ccccc2C1=O)CCCC(C)CCCC(C)CCCC(C)C. The summed E-state index contributed by atoms with van der Waals surface area (Å²) in [4.78, 5) is 25.3. The van der Waals surface area contributed by atoms with Gasteiger partial charge in [-0.25, -0.2) is 0 Å². The van der Waals surface area contributed by atoms with Crippen LogP contribution in [0.5, 0.6) is 0 Å². The first kappa shape index (κ1) is 27.6. The van der Waals surface area contributed by atoms with Crippen LogP contribution in [-0.2, 0) is 0 Å². The Morgan fingerprint density at radius 3 is 1.91 bits per heavy atom. The normalized spacial score (nSPS) is 16.4. The van der Waals surface area contributed by atoms with Crippen molar-refractivity contribution in [3.63, 3.8) is 0 Å². The summed E-state index contributed by atoms with van der Waals surface area (Å²) in [6, 6.07) is 6.93. The number of Topliss-reactive ketones (excluding diaryl/α,β-unsaturated/α-hetero) is 2.